The second kappa shape index (κ2) is 7.72. The van der Waals surface area contributed by atoms with Gasteiger partial charge in [0.05, 0.1) is 0 Å². The third-order valence-corrected chi connectivity index (χ3v) is 8.38. The lowest BCUT2D eigenvalue weighted by atomic mass is 9.67. The maximum absolute atomic E-state index is 6.20. The topological polar surface area (TPSA) is 26.3 Å². The van der Waals surface area contributed by atoms with Crippen LogP contribution in [0.1, 0.15) is 36.1 Å². The highest BCUT2D eigenvalue weighted by molar-refractivity contribution is 5.93. The van der Waals surface area contributed by atoms with Gasteiger partial charge in [-0.15, -0.1) is 0 Å². The number of hydrogen-bond donors (Lipinski definition) is 0. The molecule has 0 amide bonds. The second-order valence-electron chi connectivity index (χ2n) is 11.0. The zero-order valence-corrected chi connectivity index (χ0v) is 21.4. The van der Waals surface area contributed by atoms with Gasteiger partial charge in [-0.3, -0.25) is 0 Å². The van der Waals surface area contributed by atoms with Gasteiger partial charge in [0, 0.05) is 27.3 Å². The van der Waals surface area contributed by atoms with Crippen LogP contribution in [0.25, 0.3) is 55.4 Å². The van der Waals surface area contributed by atoms with Gasteiger partial charge in [-0.05, 0) is 75.8 Å². The zero-order valence-electron chi connectivity index (χ0n) is 21.4. The summed E-state index contributed by atoms with van der Waals surface area (Å²) in [6.07, 6.45) is 0.926. The van der Waals surface area contributed by atoms with Gasteiger partial charge < -0.3 is 8.83 Å². The molecule has 0 saturated carbocycles. The predicted molar refractivity (Wildman–Crippen MR) is 156 cm³/mol. The van der Waals surface area contributed by atoms with Crippen molar-refractivity contribution < 1.29 is 8.83 Å². The average molecular weight is 491 g/mol. The lowest BCUT2D eigenvalue weighted by Gasteiger charge is -2.36. The number of rotatable bonds is 2. The molecule has 7 aromatic rings. The summed E-state index contributed by atoms with van der Waals surface area (Å²) in [5.41, 5.74) is 9.57. The molecule has 8 rings (SSSR count). The highest BCUT2D eigenvalue weighted by Gasteiger charge is 2.33. The third kappa shape index (κ3) is 3.13. The van der Waals surface area contributed by atoms with Crippen LogP contribution in [0.3, 0.4) is 0 Å². The highest BCUT2D eigenvalue weighted by Crippen LogP contribution is 2.45. The minimum atomic E-state index is -0.115. The Morgan fingerprint density at radius 1 is 0.553 bits per heavy atom. The molecule has 1 aliphatic rings. The molecule has 0 unspecified atom stereocenters. The SMILES string of the molecule is CC1(C)c2cc(-c3cc4ccccc4o3)ccc2Cc2c1ccc1cc(-c3cc4ccccc4o3)ccc21. The van der Waals surface area contributed by atoms with Gasteiger partial charge in [0.2, 0.25) is 0 Å². The van der Waals surface area contributed by atoms with Gasteiger partial charge in [-0.1, -0.05) is 86.6 Å². The number of benzene rings is 5. The Bertz CT molecular complexity index is 1970. The van der Waals surface area contributed by atoms with Crippen LogP contribution in [0.15, 0.2) is 118 Å². The Morgan fingerprint density at radius 2 is 1.18 bits per heavy atom. The Kier molecular flexibility index (Phi) is 4.37. The summed E-state index contributed by atoms with van der Waals surface area (Å²) in [6, 6.07) is 38.9. The van der Waals surface area contributed by atoms with Gasteiger partial charge >= 0.3 is 0 Å². The van der Waals surface area contributed by atoms with Gasteiger partial charge in [0.15, 0.2) is 0 Å². The molecule has 5 aromatic carbocycles. The van der Waals surface area contributed by atoms with E-state index in [1.807, 2.05) is 30.3 Å². The van der Waals surface area contributed by atoms with E-state index >= 15 is 0 Å². The Morgan fingerprint density at radius 3 is 1.87 bits per heavy atom. The minimum Gasteiger partial charge on any atom is -0.456 e. The molecule has 0 spiro atoms. The van der Waals surface area contributed by atoms with Crippen LogP contribution in [0.4, 0.5) is 0 Å². The number of para-hydroxylation sites is 2. The van der Waals surface area contributed by atoms with E-state index in [2.05, 4.69) is 92.7 Å². The van der Waals surface area contributed by atoms with E-state index in [1.165, 1.54) is 33.0 Å². The van der Waals surface area contributed by atoms with Crippen LogP contribution >= 0.6 is 0 Å². The van der Waals surface area contributed by atoms with E-state index < -0.39 is 0 Å². The number of fused-ring (bicyclic) bond motifs is 6. The standard InChI is InChI=1S/C36H26O2/c1-36(2)30-16-14-22-17-26(34-20-24-7-3-5-9-32(24)37-34)13-15-28(22)29(30)18-23-11-12-27(19-31(23)36)35-21-25-8-4-6-10-33(25)38-35/h3-17,19-21H,18H2,1-2H3. The maximum Gasteiger partial charge on any atom is 0.135 e. The molecule has 0 N–H and O–H groups in total. The molecule has 0 fully saturated rings. The van der Waals surface area contributed by atoms with E-state index in [1.54, 1.807) is 0 Å². The summed E-state index contributed by atoms with van der Waals surface area (Å²) < 4.78 is 12.4. The first kappa shape index (κ1) is 21.5. The summed E-state index contributed by atoms with van der Waals surface area (Å²) in [5.74, 6) is 1.84. The molecule has 0 aliphatic heterocycles. The number of furan rings is 2. The highest BCUT2D eigenvalue weighted by atomic mass is 16.3. The summed E-state index contributed by atoms with van der Waals surface area (Å²) in [6.45, 7) is 4.70. The van der Waals surface area contributed by atoms with Crippen molar-refractivity contribution in [3.8, 4) is 22.6 Å². The summed E-state index contributed by atoms with van der Waals surface area (Å²) in [5, 5.41) is 4.84. The average Bonchev–Trinajstić information content (AvgIpc) is 3.57. The minimum absolute atomic E-state index is 0.115. The van der Waals surface area contributed by atoms with Gasteiger partial charge in [0.1, 0.15) is 22.7 Å². The first-order chi connectivity index (χ1) is 18.5. The van der Waals surface area contributed by atoms with E-state index in [-0.39, 0.29) is 5.41 Å². The van der Waals surface area contributed by atoms with Crippen molar-refractivity contribution in [2.75, 3.05) is 0 Å². The quantitative estimate of drug-likeness (QED) is 0.241. The molecular weight excluding hydrogens is 464 g/mol. The molecule has 0 atom stereocenters. The summed E-state index contributed by atoms with van der Waals surface area (Å²) in [7, 11) is 0. The summed E-state index contributed by atoms with van der Waals surface area (Å²) >= 11 is 0. The smallest absolute Gasteiger partial charge is 0.135 e. The molecule has 0 radical (unpaired) electrons. The van der Waals surface area contributed by atoms with Crippen LogP contribution in [-0.4, -0.2) is 0 Å². The Labute approximate surface area is 221 Å². The van der Waals surface area contributed by atoms with Crippen molar-refractivity contribution in [3.05, 3.63) is 131 Å². The lowest BCUT2D eigenvalue weighted by molar-refractivity contribution is 0.610. The largest absolute Gasteiger partial charge is 0.456 e. The second-order valence-corrected chi connectivity index (χ2v) is 11.0. The van der Waals surface area contributed by atoms with Gasteiger partial charge in [-0.2, -0.15) is 0 Å². The van der Waals surface area contributed by atoms with Crippen LogP contribution in [0.5, 0.6) is 0 Å². The van der Waals surface area contributed by atoms with E-state index in [4.69, 9.17) is 8.83 Å². The molecule has 0 bridgehead atoms. The first-order valence-corrected chi connectivity index (χ1v) is 13.2. The van der Waals surface area contributed by atoms with Crippen LogP contribution in [0.2, 0.25) is 0 Å². The normalized spacial score (nSPS) is 14.2. The van der Waals surface area contributed by atoms with E-state index in [9.17, 15) is 0 Å². The zero-order chi connectivity index (χ0) is 25.4. The third-order valence-electron chi connectivity index (χ3n) is 8.38. The fourth-order valence-electron chi connectivity index (χ4n) is 6.37. The fraction of sp³-hybridized carbons (Fsp3) is 0.111. The van der Waals surface area contributed by atoms with E-state index in [0.29, 0.717) is 0 Å². The molecule has 2 nitrogen and oxygen atoms in total. The Balaban J connectivity index is 1.22. The molecule has 0 saturated heterocycles. The molecule has 182 valence electrons. The first-order valence-electron chi connectivity index (χ1n) is 13.2. The monoisotopic (exact) mass is 490 g/mol. The predicted octanol–water partition coefficient (Wildman–Crippen LogP) is 9.90. The van der Waals surface area contributed by atoms with E-state index in [0.717, 1.165) is 51.0 Å². The van der Waals surface area contributed by atoms with Crippen molar-refractivity contribution in [1.29, 1.82) is 0 Å². The van der Waals surface area contributed by atoms with Gasteiger partial charge in [0.25, 0.3) is 0 Å². The van der Waals surface area contributed by atoms with Crippen LogP contribution < -0.4 is 0 Å². The van der Waals surface area contributed by atoms with Crippen LogP contribution in [-0.2, 0) is 11.8 Å². The molecule has 1 aliphatic carbocycles. The molecular formula is C36H26O2. The Hall–Kier alpha value is -4.56. The van der Waals surface area contributed by atoms with Crippen molar-refractivity contribution in [2.24, 2.45) is 0 Å². The van der Waals surface area contributed by atoms with Crippen molar-refractivity contribution >= 4 is 32.7 Å². The lowest BCUT2D eigenvalue weighted by Crippen LogP contribution is -2.27. The van der Waals surface area contributed by atoms with Crippen LogP contribution in [0, 0.1) is 0 Å². The van der Waals surface area contributed by atoms with Crippen molar-refractivity contribution in [1.82, 2.24) is 0 Å². The molecule has 2 heteroatoms. The van der Waals surface area contributed by atoms with Gasteiger partial charge in [-0.25, -0.2) is 0 Å². The molecule has 2 heterocycles. The maximum atomic E-state index is 6.20. The molecule has 2 aromatic heterocycles. The van der Waals surface area contributed by atoms with Crippen molar-refractivity contribution in [3.63, 3.8) is 0 Å². The molecule has 38 heavy (non-hydrogen) atoms. The fourth-order valence-corrected chi connectivity index (χ4v) is 6.37. The number of hydrogen-bond acceptors (Lipinski definition) is 2. The van der Waals surface area contributed by atoms with Crippen molar-refractivity contribution in [2.45, 2.75) is 25.7 Å². The summed E-state index contributed by atoms with van der Waals surface area (Å²) in [4.78, 5) is 0.